The molecule has 1 amide bonds. The highest BCUT2D eigenvalue weighted by molar-refractivity contribution is 7.81. The van der Waals surface area contributed by atoms with Gasteiger partial charge in [0, 0.05) is 17.7 Å². The standard InChI is InChI=1S/C9H15NO3S/c1-5(2)8(11)10-4-3-6(14)7(10)9(12)13/h5-7,14H,3-4H2,1-2H3,(H,12,13)/t6?,7-/m1/s1. The van der Waals surface area contributed by atoms with Gasteiger partial charge >= 0.3 is 5.97 Å². The maximum atomic E-state index is 11.6. The molecule has 0 aromatic carbocycles. The minimum atomic E-state index is -0.962. The second kappa shape index (κ2) is 4.21. The zero-order chi connectivity index (χ0) is 10.9. The number of nitrogens with zero attached hydrogens (tertiary/aromatic N) is 1. The van der Waals surface area contributed by atoms with E-state index in [2.05, 4.69) is 12.6 Å². The van der Waals surface area contributed by atoms with Crippen molar-refractivity contribution in [1.29, 1.82) is 0 Å². The lowest BCUT2D eigenvalue weighted by molar-refractivity contribution is -0.149. The largest absolute Gasteiger partial charge is 0.480 e. The predicted octanol–water partition coefficient (Wildman–Crippen LogP) is 0.626. The van der Waals surface area contributed by atoms with Gasteiger partial charge in [-0.1, -0.05) is 13.8 Å². The molecule has 4 nitrogen and oxygen atoms in total. The van der Waals surface area contributed by atoms with Crippen molar-refractivity contribution < 1.29 is 14.7 Å². The quantitative estimate of drug-likeness (QED) is 0.667. The molecule has 5 heteroatoms. The van der Waals surface area contributed by atoms with Gasteiger partial charge in [-0.05, 0) is 6.42 Å². The first-order chi connectivity index (χ1) is 6.45. The fourth-order valence-corrected chi connectivity index (χ4v) is 2.06. The van der Waals surface area contributed by atoms with E-state index < -0.39 is 12.0 Å². The number of thiol groups is 1. The van der Waals surface area contributed by atoms with Crippen molar-refractivity contribution in [2.45, 2.75) is 31.6 Å². The number of amides is 1. The van der Waals surface area contributed by atoms with Crippen LogP contribution in [0.3, 0.4) is 0 Å². The predicted molar refractivity (Wildman–Crippen MR) is 55.4 cm³/mol. The summed E-state index contributed by atoms with van der Waals surface area (Å²) in [5, 5.41) is 8.70. The summed E-state index contributed by atoms with van der Waals surface area (Å²) in [6, 6.07) is -0.756. The Kier molecular flexibility index (Phi) is 3.42. The molecule has 1 rings (SSSR count). The summed E-state index contributed by atoms with van der Waals surface area (Å²) in [6.07, 6.45) is 0.651. The Morgan fingerprint density at radius 2 is 2.07 bits per heavy atom. The molecule has 1 N–H and O–H groups in total. The molecule has 0 radical (unpaired) electrons. The number of hydrogen-bond acceptors (Lipinski definition) is 3. The molecular formula is C9H15NO3S. The normalized spacial score (nSPS) is 27.0. The number of carboxylic acid groups (broad SMARTS) is 1. The van der Waals surface area contributed by atoms with Gasteiger partial charge in [-0.3, -0.25) is 4.79 Å². The van der Waals surface area contributed by atoms with Gasteiger partial charge in [-0.25, -0.2) is 4.79 Å². The summed E-state index contributed by atoms with van der Waals surface area (Å²) in [5.41, 5.74) is 0. The molecule has 0 aromatic heterocycles. The van der Waals surface area contributed by atoms with Gasteiger partial charge in [0.25, 0.3) is 0 Å². The summed E-state index contributed by atoms with van der Waals surface area (Å²) in [7, 11) is 0. The Morgan fingerprint density at radius 3 is 2.50 bits per heavy atom. The fourth-order valence-electron chi connectivity index (χ4n) is 1.65. The number of aliphatic carboxylic acids is 1. The van der Waals surface area contributed by atoms with Crippen molar-refractivity contribution in [2.75, 3.05) is 6.54 Å². The van der Waals surface area contributed by atoms with Crippen molar-refractivity contribution in [2.24, 2.45) is 5.92 Å². The first-order valence-electron chi connectivity index (χ1n) is 4.66. The Morgan fingerprint density at radius 1 is 1.50 bits per heavy atom. The van der Waals surface area contributed by atoms with E-state index in [0.29, 0.717) is 13.0 Å². The highest BCUT2D eigenvalue weighted by Gasteiger charge is 2.40. The van der Waals surface area contributed by atoms with Gasteiger partial charge in [-0.15, -0.1) is 0 Å². The molecule has 80 valence electrons. The first-order valence-corrected chi connectivity index (χ1v) is 5.18. The molecule has 0 aromatic rings. The van der Waals surface area contributed by atoms with Crippen molar-refractivity contribution in [3.63, 3.8) is 0 Å². The Labute approximate surface area is 88.7 Å². The van der Waals surface area contributed by atoms with Crippen LogP contribution >= 0.6 is 12.6 Å². The lowest BCUT2D eigenvalue weighted by atomic mass is 10.1. The molecule has 0 saturated carbocycles. The van der Waals surface area contributed by atoms with Crippen molar-refractivity contribution in [1.82, 2.24) is 4.90 Å². The van der Waals surface area contributed by atoms with Crippen LogP contribution in [0.1, 0.15) is 20.3 Å². The van der Waals surface area contributed by atoms with E-state index in [4.69, 9.17) is 5.11 Å². The zero-order valence-electron chi connectivity index (χ0n) is 8.30. The smallest absolute Gasteiger partial charge is 0.327 e. The maximum Gasteiger partial charge on any atom is 0.327 e. The second-order valence-corrected chi connectivity index (χ2v) is 4.49. The number of hydrogen-bond donors (Lipinski definition) is 2. The van der Waals surface area contributed by atoms with E-state index >= 15 is 0 Å². The highest BCUT2D eigenvalue weighted by atomic mass is 32.1. The number of carbonyl (C=O) groups is 2. The van der Waals surface area contributed by atoms with Crippen LogP contribution in [-0.4, -0.2) is 39.7 Å². The molecule has 0 bridgehead atoms. The molecule has 1 saturated heterocycles. The molecule has 0 aliphatic carbocycles. The number of rotatable bonds is 2. The van der Waals surface area contributed by atoms with Crippen LogP contribution in [0.4, 0.5) is 0 Å². The van der Waals surface area contributed by atoms with E-state index in [-0.39, 0.29) is 17.1 Å². The van der Waals surface area contributed by atoms with E-state index in [1.807, 2.05) is 0 Å². The summed E-state index contributed by atoms with van der Waals surface area (Å²) in [6.45, 7) is 4.04. The summed E-state index contributed by atoms with van der Waals surface area (Å²) >= 11 is 4.17. The third kappa shape index (κ3) is 2.03. The zero-order valence-corrected chi connectivity index (χ0v) is 9.20. The van der Waals surface area contributed by atoms with Gasteiger partial charge in [0.15, 0.2) is 0 Å². The average molecular weight is 217 g/mol. The second-order valence-electron chi connectivity index (χ2n) is 3.83. The SMILES string of the molecule is CC(C)C(=O)N1CCC(S)[C@@H]1C(=O)O. The fraction of sp³-hybridized carbons (Fsp3) is 0.778. The molecule has 2 atom stereocenters. The van der Waals surface area contributed by atoms with Crippen LogP contribution in [0.2, 0.25) is 0 Å². The van der Waals surface area contributed by atoms with E-state index in [1.54, 1.807) is 13.8 Å². The van der Waals surface area contributed by atoms with Crippen LogP contribution in [-0.2, 0) is 9.59 Å². The Hall–Kier alpha value is -0.710. The first kappa shape index (κ1) is 11.4. The van der Waals surface area contributed by atoms with Crippen molar-refractivity contribution >= 4 is 24.5 Å². The average Bonchev–Trinajstić information content (AvgIpc) is 2.45. The van der Waals surface area contributed by atoms with Crippen LogP contribution in [0.25, 0.3) is 0 Å². The molecule has 1 heterocycles. The molecule has 1 aliphatic heterocycles. The van der Waals surface area contributed by atoms with Crippen molar-refractivity contribution in [3.8, 4) is 0 Å². The molecule has 0 spiro atoms. The molecular weight excluding hydrogens is 202 g/mol. The van der Waals surface area contributed by atoms with Crippen LogP contribution in [0.15, 0.2) is 0 Å². The van der Waals surface area contributed by atoms with Crippen LogP contribution in [0.5, 0.6) is 0 Å². The van der Waals surface area contributed by atoms with E-state index in [1.165, 1.54) is 4.90 Å². The van der Waals surface area contributed by atoms with Gasteiger partial charge < -0.3 is 10.0 Å². The molecule has 1 unspecified atom stereocenters. The lowest BCUT2D eigenvalue weighted by Gasteiger charge is -2.24. The summed E-state index contributed by atoms with van der Waals surface area (Å²) in [5.74, 6) is -1.22. The van der Waals surface area contributed by atoms with Gasteiger partial charge in [0.1, 0.15) is 6.04 Å². The van der Waals surface area contributed by atoms with E-state index in [9.17, 15) is 9.59 Å². The van der Waals surface area contributed by atoms with Gasteiger partial charge in [0.2, 0.25) is 5.91 Å². The van der Waals surface area contributed by atoms with E-state index in [0.717, 1.165) is 0 Å². The third-order valence-electron chi connectivity index (χ3n) is 2.40. The maximum absolute atomic E-state index is 11.6. The minimum Gasteiger partial charge on any atom is -0.480 e. The highest BCUT2D eigenvalue weighted by Crippen LogP contribution is 2.24. The molecule has 1 fully saturated rings. The molecule has 14 heavy (non-hydrogen) atoms. The topological polar surface area (TPSA) is 57.6 Å². The number of likely N-dealkylation sites (tertiary alicyclic amines) is 1. The lowest BCUT2D eigenvalue weighted by Crippen LogP contribution is -2.45. The Bertz CT molecular complexity index is 254. The molecule has 1 aliphatic rings. The van der Waals surface area contributed by atoms with Gasteiger partial charge in [0.05, 0.1) is 0 Å². The number of carbonyl (C=O) groups excluding carboxylic acids is 1. The summed E-state index contributed by atoms with van der Waals surface area (Å²) < 4.78 is 0. The monoisotopic (exact) mass is 217 g/mol. The minimum absolute atomic E-state index is 0.103. The third-order valence-corrected chi connectivity index (χ3v) is 2.94. The Balaban J connectivity index is 2.79. The van der Waals surface area contributed by atoms with Crippen LogP contribution < -0.4 is 0 Å². The van der Waals surface area contributed by atoms with Crippen LogP contribution in [0, 0.1) is 5.92 Å². The number of carboxylic acids is 1. The van der Waals surface area contributed by atoms with Gasteiger partial charge in [-0.2, -0.15) is 12.6 Å². The van der Waals surface area contributed by atoms with Crippen molar-refractivity contribution in [3.05, 3.63) is 0 Å². The summed E-state index contributed by atoms with van der Waals surface area (Å²) in [4.78, 5) is 24.0.